The van der Waals surface area contributed by atoms with Crippen LogP contribution in [0.4, 0.5) is 4.39 Å². The first-order valence-electron chi connectivity index (χ1n) is 12.0. The Morgan fingerprint density at radius 1 is 1.06 bits per heavy atom. The number of primary sulfonamides is 1. The molecule has 0 bridgehead atoms. The Labute approximate surface area is 200 Å². The van der Waals surface area contributed by atoms with Crippen LogP contribution in [0.2, 0.25) is 0 Å². The summed E-state index contributed by atoms with van der Waals surface area (Å²) < 4.78 is 37.7. The van der Waals surface area contributed by atoms with Crippen molar-refractivity contribution in [3.63, 3.8) is 0 Å². The van der Waals surface area contributed by atoms with Gasteiger partial charge in [-0.1, -0.05) is 42.9 Å². The molecular weight excluding hydrogens is 447 g/mol. The Bertz CT molecular complexity index is 1370. The van der Waals surface area contributed by atoms with E-state index in [2.05, 4.69) is 29.0 Å². The number of nitrogens with one attached hydrogen (secondary N) is 1. The summed E-state index contributed by atoms with van der Waals surface area (Å²) in [4.78, 5) is 2.99. The van der Waals surface area contributed by atoms with Gasteiger partial charge in [-0.25, -0.2) is 17.9 Å². The van der Waals surface area contributed by atoms with Crippen LogP contribution in [-0.2, 0) is 22.9 Å². The molecular formula is C28H29FN2O2S. The zero-order chi connectivity index (χ0) is 23.7. The van der Waals surface area contributed by atoms with Crippen molar-refractivity contribution in [2.45, 2.75) is 56.3 Å². The van der Waals surface area contributed by atoms with Crippen molar-refractivity contribution in [3.05, 3.63) is 76.9 Å². The highest BCUT2D eigenvalue weighted by atomic mass is 32.2. The van der Waals surface area contributed by atoms with E-state index in [1.807, 2.05) is 18.3 Å². The Morgan fingerprint density at radius 3 is 2.56 bits per heavy atom. The van der Waals surface area contributed by atoms with Gasteiger partial charge in [-0.3, -0.25) is 0 Å². The summed E-state index contributed by atoms with van der Waals surface area (Å²) in [5.41, 5.74) is 6.15. The summed E-state index contributed by atoms with van der Waals surface area (Å²) in [6.07, 6.45) is 10.9. The third kappa shape index (κ3) is 5.27. The van der Waals surface area contributed by atoms with Crippen LogP contribution < -0.4 is 5.14 Å². The minimum Gasteiger partial charge on any atom is -0.364 e. The van der Waals surface area contributed by atoms with E-state index in [1.165, 1.54) is 50.7 Å². The standard InChI is InChI=1S/C28H29FN2O2S/c29-26-16-22(12-13-28(26)34(30,32)33)15-24-25(18-31-27(24)17-21-10-11-21)23-7-3-6-20(14-23)9-8-19-4-1-2-5-19/h3,6-7,12-14,16,18-19,21,31H,1-2,4-5,10-11,15,17H2,(H2,30,32,33). The number of benzene rings is 2. The molecule has 0 spiro atoms. The molecule has 2 saturated carbocycles. The zero-order valence-electron chi connectivity index (χ0n) is 19.1. The molecule has 2 aliphatic rings. The summed E-state index contributed by atoms with van der Waals surface area (Å²) >= 11 is 0. The molecule has 0 unspecified atom stereocenters. The summed E-state index contributed by atoms with van der Waals surface area (Å²) in [5, 5.41) is 5.12. The number of sulfonamides is 1. The van der Waals surface area contributed by atoms with Gasteiger partial charge in [0.2, 0.25) is 10.0 Å². The molecule has 2 aromatic carbocycles. The highest BCUT2D eigenvalue weighted by Gasteiger charge is 2.25. The number of hydrogen-bond donors (Lipinski definition) is 2. The molecule has 2 fully saturated rings. The van der Waals surface area contributed by atoms with Crippen LogP contribution in [-0.4, -0.2) is 13.4 Å². The van der Waals surface area contributed by atoms with Gasteiger partial charge in [0.1, 0.15) is 10.7 Å². The Kier molecular flexibility index (Phi) is 6.33. The fourth-order valence-corrected chi connectivity index (χ4v) is 5.45. The molecule has 0 saturated heterocycles. The number of rotatable bonds is 6. The Balaban J connectivity index is 1.48. The first-order valence-corrected chi connectivity index (χ1v) is 13.5. The van der Waals surface area contributed by atoms with Crippen LogP contribution >= 0.6 is 0 Å². The van der Waals surface area contributed by atoms with Gasteiger partial charge < -0.3 is 4.98 Å². The van der Waals surface area contributed by atoms with Crippen LogP contribution in [0.5, 0.6) is 0 Å². The Hall–Kier alpha value is -2.88. The average molecular weight is 477 g/mol. The lowest BCUT2D eigenvalue weighted by Crippen LogP contribution is -2.14. The fraction of sp³-hybridized carbons (Fsp3) is 0.357. The third-order valence-corrected chi connectivity index (χ3v) is 7.85. The second-order valence-corrected chi connectivity index (χ2v) is 11.2. The van der Waals surface area contributed by atoms with E-state index < -0.39 is 20.7 Å². The van der Waals surface area contributed by atoms with Crippen LogP contribution in [0.1, 0.15) is 60.9 Å². The SMILES string of the molecule is NS(=O)(=O)c1ccc(Cc2c(-c3cccc(C#CC4CCCC4)c3)c[nH]c2CC2CC2)cc1F. The van der Waals surface area contributed by atoms with Crippen molar-refractivity contribution in [2.24, 2.45) is 17.0 Å². The summed E-state index contributed by atoms with van der Waals surface area (Å²) in [5.74, 6) is 7.18. The van der Waals surface area contributed by atoms with Gasteiger partial charge in [0, 0.05) is 28.9 Å². The fourth-order valence-electron chi connectivity index (χ4n) is 4.86. The van der Waals surface area contributed by atoms with E-state index in [1.54, 1.807) is 6.07 Å². The zero-order valence-corrected chi connectivity index (χ0v) is 19.9. The first kappa shape index (κ1) is 22.9. The summed E-state index contributed by atoms with van der Waals surface area (Å²) in [6, 6.07) is 12.5. The van der Waals surface area contributed by atoms with Crippen LogP contribution in [0.25, 0.3) is 11.1 Å². The van der Waals surface area contributed by atoms with E-state index in [4.69, 9.17) is 5.14 Å². The van der Waals surface area contributed by atoms with Crippen molar-refractivity contribution < 1.29 is 12.8 Å². The molecule has 6 heteroatoms. The molecule has 0 aliphatic heterocycles. The number of halogens is 1. The molecule has 1 heterocycles. The van der Waals surface area contributed by atoms with E-state index in [9.17, 15) is 12.8 Å². The molecule has 2 aliphatic carbocycles. The summed E-state index contributed by atoms with van der Waals surface area (Å²) in [6.45, 7) is 0. The number of aromatic nitrogens is 1. The molecule has 3 N–H and O–H groups in total. The van der Waals surface area contributed by atoms with E-state index in [0.29, 0.717) is 23.8 Å². The smallest absolute Gasteiger partial charge is 0.240 e. The quantitative estimate of drug-likeness (QED) is 0.458. The lowest BCUT2D eigenvalue weighted by atomic mass is 9.94. The molecule has 34 heavy (non-hydrogen) atoms. The molecule has 0 atom stereocenters. The second-order valence-electron chi connectivity index (χ2n) is 9.63. The minimum absolute atomic E-state index is 0.475. The summed E-state index contributed by atoms with van der Waals surface area (Å²) in [7, 11) is -4.09. The number of H-pyrrole nitrogens is 1. The molecule has 176 valence electrons. The predicted octanol–water partition coefficient (Wildman–Crippen LogP) is 5.55. The van der Waals surface area contributed by atoms with Gasteiger partial charge >= 0.3 is 0 Å². The van der Waals surface area contributed by atoms with Gasteiger partial charge in [0.25, 0.3) is 0 Å². The number of hydrogen-bond acceptors (Lipinski definition) is 2. The van der Waals surface area contributed by atoms with Gasteiger partial charge in [-0.2, -0.15) is 0 Å². The number of aromatic amines is 1. The van der Waals surface area contributed by atoms with Crippen LogP contribution in [0, 0.1) is 29.5 Å². The van der Waals surface area contributed by atoms with E-state index >= 15 is 0 Å². The van der Waals surface area contributed by atoms with Gasteiger partial charge in [-0.05, 0) is 85.4 Å². The highest BCUT2D eigenvalue weighted by Crippen LogP contribution is 2.37. The minimum atomic E-state index is -4.09. The topological polar surface area (TPSA) is 76.0 Å². The molecule has 3 aromatic rings. The monoisotopic (exact) mass is 476 g/mol. The van der Waals surface area contributed by atoms with Crippen molar-refractivity contribution in [2.75, 3.05) is 0 Å². The van der Waals surface area contributed by atoms with Crippen LogP contribution in [0.15, 0.2) is 53.6 Å². The lowest BCUT2D eigenvalue weighted by Gasteiger charge is -2.10. The van der Waals surface area contributed by atoms with E-state index in [0.717, 1.165) is 34.4 Å². The van der Waals surface area contributed by atoms with Crippen molar-refractivity contribution >= 4 is 10.0 Å². The average Bonchev–Trinajstić information content (AvgIpc) is 3.29. The molecule has 5 rings (SSSR count). The molecule has 0 amide bonds. The maximum absolute atomic E-state index is 14.5. The normalized spacial score (nSPS) is 16.4. The second kappa shape index (κ2) is 9.40. The highest BCUT2D eigenvalue weighted by molar-refractivity contribution is 7.89. The van der Waals surface area contributed by atoms with Gasteiger partial charge in [-0.15, -0.1) is 0 Å². The van der Waals surface area contributed by atoms with E-state index in [-0.39, 0.29) is 0 Å². The molecule has 1 aromatic heterocycles. The molecule has 4 nitrogen and oxygen atoms in total. The van der Waals surface area contributed by atoms with Gasteiger partial charge in [0.15, 0.2) is 0 Å². The van der Waals surface area contributed by atoms with Gasteiger partial charge in [0.05, 0.1) is 0 Å². The largest absolute Gasteiger partial charge is 0.364 e. The maximum Gasteiger partial charge on any atom is 0.240 e. The first-order chi connectivity index (χ1) is 16.4. The number of nitrogens with two attached hydrogens (primary N) is 1. The van der Waals surface area contributed by atoms with Crippen LogP contribution in [0.3, 0.4) is 0 Å². The van der Waals surface area contributed by atoms with Crippen molar-refractivity contribution in [3.8, 4) is 23.0 Å². The lowest BCUT2D eigenvalue weighted by molar-refractivity contribution is 0.567. The third-order valence-electron chi connectivity index (χ3n) is 6.90. The van der Waals surface area contributed by atoms with Crippen molar-refractivity contribution in [1.82, 2.24) is 4.98 Å². The molecule has 0 radical (unpaired) electrons. The maximum atomic E-state index is 14.5. The van der Waals surface area contributed by atoms with Crippen molar-refractivity contribution in [1.29, 1.82) is 0 Å². The Morgan fingerprint density at radius 2 is 1.85 bits per heavy atom. The predicted molar refractivity (Wildman–Crippen MR) is 132 cm³/mol.